The average molecular weight is 541 g/mol. The van der Waals surface area contributed by atoms with Crippen molar-refractivity contribution in [2.24, 2.45) is 15.4 Å². The maximum atomic E-state index is 12.8. The number of alkyl halides is 3. The Labute approximate surface area is 224 Å². The smallest absolute Gasteiger partial charge is 0.416 e. The predicted molar refractivity (Wildman–Crippen MR) is 144 cm³/mol. The third-order valence-corrected chi connectivity index (χ3v) is 5.32. The molecule has 0 saturated carbocycles. The number of carbonyl (C=O) groups excluding carboxylic acids is 1. The van der Waals surface area contributed by atoms with E-state index in [2.05, 4.69) is 15.4 Å². The number of hydrogen-bond donors (Lipinski definition) is 0. The van der Waals surface area contributed by atoms with Crippen LogP contribution in [0.4, 0.5) is 23.7 Å². The lowest BCUT2D eigenvalue weighted by Gasteiger charge is -2.17. The zero-order valence-corrected chi connectivity index (χ0v) is 21.8. The van der Waals surface area contributed by atoms with Gasteiger partial charge < -0.3 is 14.3 Å². The van der Waals surface area contributed by atoms with Crippen LogP contribution in [-0.2, 0) is 15.8 Å². The number of amides is 1. The summed E-state index contributed by atoms with van der Waals surface area (Å²) in [5, 5.41) is 12.6. The zero-order valence-electron chi connectivity index (χ0n) is 21.8. The minimum atomic E-state index is -4.41. The highest BCUT2D eigenvalue weighted by atomic mass is 19.4. The fourth-order valence-corrected chi connectivity index (χ4v) is 3.35. The molecule has 0 unspecified atom stereocenters. The van der Waals surface area contributed by atoms with Crippen LogP contribution >= 0.6 is 0 Å². The van der Waals surface area contributed by atoms with E-state index in [9.17, 15) is 18.0 Å². The van der Waals surface area contributed by atoms with Crippen molar-refractivity contribution in [2.75, 3.05) is 25.7 Å². The van der Waals surface area contributed by atoms with Crippen LogP contribution in [0.25, 0.3) is 0 Å². The Morgan fingerprint density at radius 1 is 0.974 bits per heavy atom. The summed E-state index contributed by atoms with van der Waals surface area (Å²) < 4.78 is 48.8. The first-order valence-corrected chi connectivity index (χ1v) is 11.8. The number of para-hydroxylation sites is 1. The molecule has 0 heterocycles. The number of benzene rings is 3. The van der Waals surface area contributed by atoms with Crippen molar-refractivity contribution in [3.8, 4) is 11.5 Å². The minimum Gasteiger partial charge on any atom is -0.457 e. The largest absolute Gasteiger partial charge is 0.457 e. The maximum Gasteiger partial charge on any atom is 0.416 e. The Kier molecular flexibility index (Phi) is 9.80. The number of halogens is 3. The number of nitrogens with zero attached hydrogens (tertiary/aromatic N) is 4. The summed E-state index contributed by atoms with van der Waals surface area (Å²) in [6, 6.07) is 18.3. The quantitative estimate of drug-likeness (QED) is 0.217. The summed E-state index contributed by atoms with van der Waals surface area (Å²) in [6.45, 7) is 3.85. The van der Waals surface area contributed by atoms with E-state index in [-0.39, 0.29) is 5.75 Å². The normalized spacial score (nSPS) is 12.4. The molecule has 3 rings (SSSR count). The number of carbonyl (C=O) groups is 1. The summed E-state index contributed by atoms with van der Waals surface area (Å²) in [7, 11) is 2.89. The molecule has 0 atom stereocenters. The van der Waals surface area contributed by atoms with Crippen molar-refractivity contribution in [2.45, 2.75) is 20.0 Å². The molecular weight excluding hydrogens is 513 g/mol. The molecule has 204 valence electrons. The molecule has 11 heteroatoms. The van der Waals surface area contributed by atoms with Crippen LogP contribution in [0.5, 0.6) is 11.5 Å². The van der Waals surface area contributed by atoms with Gasteiger partial charge in [-0.15, -0.1) is 0 Å². The van der Waals surface area contributed by atoms with E-state index in [1.54, 1.807) is 63.4 Å². The van der Waals surface area contributed by atoms with Gasteiger partial charge in [-0.25, -0.2) is 4.79 Å². The highest BCUT2D eigenvalue weighted by Gasteiger charge is 2.30. The van der Waals surface area contributed by atoms with Crippen molar-refractivity contribution in [3.05, 3.63) is 89.5 Å². The second-order valence-electron chi connectivity index (χ2n) is 8.02. The van der Waals surface area contributed by atoms with Crippen LogP contribution in [-0.4, -0.2) is 44.5 Å². The van der Waals surface area contributed by atoms with Gasteiger partial charge >= 0.3 is 12.3 Å². The molecule has 0 fully saturated rings. The third-order valence-electron chi connectivity index (χ3n) is 5.32. The second kappa shape index (κ2) is 13.2. The number of oxime groups is 1. The summed E-state index contributed by atoms with van der Waals surface area (Å²) >= 11 is 0. The van der Waals surface area contributed by atoms with Gasteiger partial charge in [-0.2, -0.15) is 23.4 Å². The van der Waals surface area contributed by atoms with Crippen LogP contribution in [0.15, 0.2) is 88.2 Å². The minimum absolute atomic E-state index is 0.268. The fourth-order valence-electron chi connectivity index (χ4n) is 3.35. The van der Waals surface area contributed by atoms with Gasteiger partial charge in [0.1, 0.15) is 23.8 Å². The van der Waals surface area contributed by atoms with E-state index < -0.39 is 17.8 Å². The fraction of sp³-hybridized carbons (Fsp3) is 0.214. The van der Waals surface area contributed by atoms with Crippen LogP contribution in [0.3, 0.4) is 0 Å². The highest BCUT2D eigenvalue weighted by Crippen LogP contribution is 2.31. The summed E-state index contributed by atoms with van der Waals surface area (Å²) in [6.07, 6.45) is -3.42. The molecule has 8 nitrogen and oxygen atoms in total. The Balaban J connectivity index is 1.79. The van der Waals surface area contributed by atoms with Gasteiger partial charge in [0, 0.05) is 18.2 Å². The second-order valence-corrected chi connectivity index (χ2v) is 8.02. The first kappa shape index (κ1) is 28.9. The van der Waals surface area contributed by atoms with Crippen LogP contribution in [0.1, 0.15) is 30.5 Å². The number of ether oxygens (including phenoxy) is 2. The van der Waals surface area contributed by atoms with Crippen molar-refractivity contribution >= 4 is 29.4 Å². The van der Waals surface area contributed by atoms with E-state index in [0.717, 1.165) is 12.1 Å². The molecule has 0 bridgehead atoms. The highest BCUT2D eigenvalue weighted by molar-refractivity contribution is 6.47. The lowest BCUT2D eigenvalue weighted by Crippen LogP contribution is -2.26. The molecule has 0 saturated heterocycles. The third kappa shape index (κ3) is 7.91. The van der Waals surface area contributed by atoms with Crippen LogP contribution in [0.2, 0.25) is 0 Å². The number of anilines is 1. The SMILES string of the molecule is CCON=C(C(C)=NN=Cc1ccccc1N(C)C(=O)OC)c1ccc(Oc2ccc(C(F)(F)F)cc2)cc1. The first-order valence-electron chi connectivity index (χ1n) is 11.8. The topological polar surface area (TPSA) is 85.1 Å². The molecule has 0 aromatic heterocycles. The van der Waals surface area contributed by atoms with E-state index in [0.29, 0.717) is 40.6 Å². The first-order chi connectivity index (χ1) is 18.6. The van der Waals surface area contributed by atoms with E-state index in [1.165, 1.54) is 30.4 Å². The Bertz CT molecular complexity index is 1350. The Morgan fingerprint density at radius 2 is 1.59 bits per heavy atom. The van der Waals surface area contributed by atoms with E-state index in [1.807, 2.05) is 6.07 Å². The lowest BCUT2D eigenvalue weighted by atomic mass is 10.1. The number of rotatable bonds is 9. The van der Waals surface area contributed by atoms with E-state index in [4.69, 9.17) is 14.3 Å². The molecular formula is C28H27F3N4O4. The molecule has 3 aromatic rings. The lowest BCUT2D eigenvalue weighted by molar-refractivity contribution is -0.137. The summed E-state index contributed by atoms with van der Waals surface area (Å²) in [4.78, 5) is 18.5. The maximum absolute atomic E-state index is 12.8. The number of methoxy groups -OCH3 is 1. The molecule has 3 aromatic carbocycles. The van der Waals surface area contributed by atoms with Crippen LogP contribution < -0.4 is 9.64 Å². The Hall–Kier alpha value is -4.67. The molecule has 0 radical (unpaired) electrons. The molecule has 0 aliphatic heterocycles. The van der Waals surface area contributed by atoms with E-state index >= 15 is 0 Å². The molecule has 0 aliphatic rings. The van der Waals surface area contributed by atoms with Gasteiger partial charge in [0.05, 0.1) is 30.3 Å². The van der Waals surface area contributed by atoms with Gasteiger partial charge in [-0.3, -0.25) is 4.90 Å². The molecule has 1 amide bonds. The molecule has 39 heavy (non-hydrogen) atoms. The van der Waals surface area contributed by atoms with Gasteiger partial charge in [0.15, 0.2) is 0 Å². The molecule has 0 spiro atoms. The monoisotopic (exact) mass is 540 g/mol. The summed E-state index contributed by atoms with van der Waals surface area (Å²) in [5.41, 5.74) is 2.02. The average Bonchev–Trinajstić information content (AvgIpc) is 2.93. The molecule has 0 aliphatic carbocycles. The number of hydrogen-bond acceptors (Lipinski definition) is 7. The van der Waals surface area contributed by atoms with Crippen LogP contribution in [0, 0.1) is 0 Å². The van der Waals surface area contributed by atoms with Crippen molar-refractivity contribution in [3.63, 3.8) is 0 Å². The predicted octanol–water partition coefficient (Wildman–Crippen LogP) is 6.94. The molecule has 0 N–H and O–H groups in total. The van der Waals surface area contributed by atoms with Crippen molar-refractivity contribution in [1.29, 1.82) is 0 Å². The van der Waals surface area contributed by atoms with Crippen molar-refractivity contribution < 1.29 is 32.3 Å². The standard InChI is InChI=1S/C28H27F3N4O4/c1-5-38-34-26(19(2)33-32-18-21-8-6-7-9-25(21)35(3)27(36)37-4)20-10-14-23(15-11-20)39-24-16-12-22(13-17-24)28(29,30)31/h6-18H,5H2,1-4H3. The van der Waals surface area contributed by atoms with Gasteiger partial charge in [0.25, 0.3) is 0 Å². The van der Waals surface area contributed by atoms with Gasteiger partial charge in [0.2, 0.25) is 0 Å². The Morgan fingerprint density at radius 3 is 2.18 bits per heavy atom. The zero-order chi connectivity index (χ0) is 28.4. The van der Waals surface area contributed by atoms with Crippen molar-refractivity contribution in [1.82, 2.24) is 0 Å². The van der Waals surface area contributed by atoms with Gasteiger partial charge in [-0.1, -0.05) is 23.4 Å². The summed E-state index contributed by atoms with van der Waals surface area (Å²) in [5.74, 6) is 0.692. The van der Waals surface area contributed by atoms with Gasteiger partial charge in [-0.05, 0) is 68.4 Å².